The van der Waals surface area contributed by atoms with Crippen LogP contribution in [0.1, 0.15) is 31.5 Å². The minimum absolute atomic E-state index is 0.0246. The Hall–Kier alpha value is -1.76. The lowest BCUT2D eigenvalue weighted by atomic mass is 10.1. The number of hydrogen-bond acceptors (Lipinski definition) is 5. The summed E-state index contributed by atoms with van der Waals surface area (Å²) in [4.78, 5) is 21.8. The molecule has 1 fully saturated rings. The quantitative estimate of drug-likeness (QED) is 0.885. The van der Waals surface area contributed by atoms with Gasteiger partial charge in [-0.15, -0.1) is 0 Å². The van der Waals surface area contributed by atoms with Crippen molar-refractivity contribution in [1.29, 1.82) is 0 Å². The lowest BCUT2D eigenvalue weighted by molar-refractivity contribution is 0.0333. The second kappa shape index (κ2) is 7.64. The van der Waals surface area contributed by atoms with E-state index in [-0.39, 0.29) is 11.7 Å². The molecule has 136 valence electrons. The molecule has 0 bridgehead atoms. The normalized spacial score (nSPS) is 20.9. The first kappa shape index (κ1) is 18.0. The molecule has 1 saturated heterocycles. The molecule has 0 aromatic carbocycles. The van der Waals surface area contributed by atoms with Crippen LogP contribution in [0.5, 0.6) is 0 Å². The van der Waals surface area contributed by atoms with Crippen LogP contribution in [-0.2, 0) is 6.54 Å². The van der Waals surface area contributed by atoms with E-state index in [0.29, 0.717) is 12.6 Å². The maximum Gasteiger partial charge on any atom is 0.258 e. The van der Waals surface area contributed by atoms with Crippen LogP contribution >= 0.6 is 0 Å². The third-order valence-electron chi connectivity index (χ3n) is 4.98. The number of β-amino-alcohol motifs (C(OH)–C–C–N with tert-alkyl or cyclic N) is 1. The number of aryl methyl sites for hydroxylation is 1. The number of aliphatic hydroxyl groups is 1. The molecular weight excluding hydrogens is 316 g/mol. The lowest BCUT2D eigenvalue weighted by Gasteiger charge is -2.41. The van der Waals surface area contributed by atoms with Gasteiger partial charge in [-0.2, -0.15) is 0 Å². The Morgan fingerprint density at radius 2 is 2.20 bits per heavy atom. The second-order valence-corrected chi connectivity index (χ2v) is 7.11. The van der Waals surface area contributed by atoms with Gasteiger partial charge in [0.15, 0.2) is 0 Å². The molecule has 0 spiro atoms. The summed E-state index contributed by atoms with van der Waals surface area (Å²) in [6.45, 7) is 10.2. The van der Waals surface area contributed by atoms with Gasteiger partial charge in [-0.1, -0.05) is 13.0 Å². The fraction of sp³-hybridized carbons (Fsp3) is 0.579. The molecule has 0 amide bonds. The molecular formula is C19H28N4O2. The molecule has 2 atom stereocenters. The Kier molecular flexibility index (Phi) is 5.51. The van der Waals surface area contributed by atoms with Gasteiger partial charge in [-0.05, 0) is 31.9 Å². The zero-order valence-corrected chi connectivity index (χ0v) is 15.4. The van der Waals surface area contributed by atoms with Crippen molar-refractivity contribution in [2.24, 2.45) is 0 Å². The number of piperazine rings is 1. The lowest BCUT2D eigenvalue weighted by Crippen LogP contribution is -2.54. The topological polar surface area (TPSA) is 61.1 Å². The fourth-order valence-electron chi connectivity index (χ4n) is 3.69. The van der Waals surface area contributed by atoms with Gasteiger partial charge in [0.1, 0.15) is 5.65 Å². The van der Waals surface area contributed by atoms with E-state index in [2.05, 4.69) is 16.7 Å². The van der Waals surface area contributed by atoms with E-state index in [1.165, 1.54) is 0 Å². The number of pyridine rings is 1. The SMILES string of the molecule is CC[C@H]1CN(Cc2cc(=O)n3cccc(C)c3n2)CCN1C[C@H](C)O. The maximum absolute atomic E-state index is 12.4. The summed E-state index contributed by atoms with van der Waals surface area (Å²) in [5.41, 5.74) is 2.56. The highest BCUT2D eigenvalue weighted by molar-refractivity contribution is 5.46. The number of aromatic nitrogens is 2. The highest BCUT2D eigenvalue weighted by Gasteiger charge is 2.26. The van der Waals surface area contributed by atoms with Crippen LogP contribution in [0.2, 0.25) is 0 Å². The molecule has 2 aromatic heterocycles. The number of aliphatic hydroxyl groups excluding tert-OH is 1. The summed E-state index contributed by atoms with van der Waals surface area (Å²) in [5, 5.41) is 9.67. The molecule has 6 nitrogen and oxygen atoms in total. The highest BCUT2D eigenvalue weighted by Crippen LogP contribution is 2.15. The van der Waals surface area contributed by atoms with E-state index in [4.69, 9.17) is 4.98 Å². The first-order valence-electron chi connectivity index (χ1n) is 9.10. The fourth-order valence-corrected chi connectivity index (χ4v) is 3.69. The second-order valence-electron chi connectivity index (χ2n) is 7.11. The predicted octanol–water partition coefficient (Wildman–Crippen LogP) is 1.28. The molecule has 6 heteroatoms. The monoisotopic (exact) mass is 344 g/mol. The van der Waals surface area contributed by atoms with E-state index in [0.717, 1.165) is 49.5 Å². The van der Waals surface area contributed by atoms with Crippen LogP contribution in [0.4, 0.5) is 0 Å². The summed E-state index contributed by atoms with van der Waals surface area (Å²) in [5.74, 6) is 0. The van der Waals surface area contributed by atoms with E-state index in [1.807, 2.05) is 26.0 Å². The van der Waals surface area contributed by atoms with Crippen LogP contribution < -0.4 is 5.56 Å². The summed E-state index contributed by atoms with van der Waals surface area (Å²) in [7, 11) is 0. The minimum atomic E-state index is -0.300. The van der Waals surface area contributed by atoms with Gasteiger partial charge in [0.2, 0.25) is 0 Å². The summed E-state index contributed by atoms with van der Waals surface area (Å²) in [6, 6.07) is 5.94. The largest absolute Gasteiger partial charge is 0.392 e. The Labute approximate surface area is 148 Å². The Balaban J connectivity index is 1.76. The van der Waals surface area contributed by atoms with Gasteiger partial charge in [0, 0.05) is 51.0 Å². The van der Waals surface area contributed by atoms with E-state index < -0.39 is 0 Å². The van der Waals surface area contributed by atoms with Crippen molar-refractivity contribution < 1.29 is 5.11 Å². The molecule has 1 aliphatic heterocycles. The Morgan fingerprint density at radius 1 is 1.40 bits per heavy atom. The summed E-state index contributed by atoms with van der Waals surface area (Å²) < 4.78 is 1.61. The molecule has 0 aliphatic carbocycles. The van der Waals surface area contributed by atoms with Crippen molar-refractivity contribution in [2.75, 3.05) is 26.2 Å². The maximum atomic E-state index is 12.4. The standard InChI is InChI=1S/C19H28N4O2/c1-4-17-13-21(8-9-22(17)11-15(3)24)12-16-10-18(25)23-7-5-6-14(2)19(23)20-16/h5-7,10,15,17,24H,4,8-9,11-13H2,1-3H3/t15-,17-/m0/s1. The Bertz CT molecular complexity index is 787. The van der Waals surface area contributed by atoms with Crippen molar-refractivity contribution in [1.82, 2.24) is 19.2 Å². The van der Waals surface area contributed by atoms with Gasteiger partial charge >= 0.3 is 0 Å². The zero-order valence-electron chi connectivity index (χ0n) is 15.4. The van der Waals surface area contributed by atoms with E-state index in [9.17, 15) is 9.90 Å². The number of hydrogen-bond donors (Lipinski definition) is 1. The predicted molar refractivity (Wildman–Crippen MR) is 98.8 cm³/mol. The minimum Gasteiger partial charge on any atom is -0.392 e. The molecule has 0 radical (unpaired) electrons. The van der Waals surface area contributed by atoms with Crippen molar-refractivity contribution in [3.8, 4) is 0 Å². The molecule has 1 aliphatic rings. The van der Waals surface area contributed by atoms with E-state index in [1.54, 1.807) is 16.7 Å². The first-order chi connectivity index (χ1) is 12.0. The Morgan fingerprint density at radius 3 is 2.92 bits per heavy atom. The van der Waals surface area contributed by atoms with Crippen LogP contribution in [0.3, 0.4) is 0 Å². The molecule has 2 aromatic rings. The number of fused-ring (bicyclic) bond motifs is 1. The summed E-state index contributed by atoms with van der Waals surface area (Å²) in [6.07, 6.45) is 2.52. The molecule has 3 rings (SSSR count). The zero-order chi connectivity index (χ0) is 18.0. The molecule has 0 saturated carbocycles. The van der Waals surface area contributed by atoms with Crippen LogP contribution in [0.15, 0.2) is 29.2 Å². The average molecular weight is 344 g/mol. The van der Waals surface area contributed by atoms with Crippen molar-refractivity contribution in [2.45, 2.75) is 45.9 Å². The van der Waals surface area contributed by atoms with Crippen LogP contribution in [-0.4, -0.2) is 62.6 Å². The van der Waals surface area contributed by atoms with Gasteiger partial charge < -0.3 is 5.11 Å². The molecule has 1 N–H and O–H groups in total. The molecule has 25 heavy (non-hydrogen) atoms. The first-order valence-corrected chi connectivity index (χ1v) is 9.10. The van der Waals surface area contributed by atoms with Crippen molar-refractivity contribution in [3.63, 3.8) is 0 Å². The van der Waals surface area contributed by atoms with E-state index >= 15 is 0 Å². The summed E-state index contributed by atoms with van der Waals surface area (Å²) >= 11 is 0. The highest BCUT2D eigenvalue weighted by atomic mass is 16.3. The van der Waals surface area contributed by atoms with Crippen molar-refractivity contribution >= 4 is 5.65 Å². The third kappa shape index (κ3) is 4.08. The number of rotatable bonds is 5. The number of nitrogens with zero attached hydrogens (tertiary/aromatic N) is 4. The van der Waals surface area contributed by atoms with Crippen molar-refractivity contribution in [3.05, 3.63) is 46.0 Å². The average Bonchev–Trinajstić information content (AvgIpc) is 2.57. The van der Waals surface area contributed by atoms with Crippen LogP contribution in [0, 0.1) is 6.92 Å². The third-order valence-corrected chi connectivity index (χ3v) is 4.98. The van der Waals surface area contributed by atoms with Gasteiger partial charge in [0.05, 0.1) is 11.8 Å². The van der Waals surface area contributed by atoms with Gasteiger partial charge in [-0.25, -0.2) is 4.98 Å². The molecule has 0 unspecified atom stereocenters. The smallest absolute Gasteiger partial charge is 0.258 e. The van der Waals surface area contributed by atoms with Gasteiger partial charge in [0.25, 0.3) is 5.56 Å². The molecule has 3 heterocycles. The van der Waals surface area contributed by atoms with Gasteiger partial charge in [-0.3, -0.25) is 19.0 Å². The van der Waals surface area contributed by atoms with Crippen LogP contribution in [0.25, 0.3) is 5.65 Å².